The maximum Gasteiger partial charge on any atom is 0.243 e. The first-order valence-electron chi connectivity index (χ1n) is 9.92. The van der Waals surface area contributed by atoms with E-state index in [9.17, 15) is 13.6 Å². The van der Waals surface area contributed by atoms with Gasteiger partial charge in [0.05, 0.1) is 13.2 Å². The first kappa shape index (κ1) is 23.0. The Bertz CT molecular complexity index is 679. The molecule has 162 valence electrons. The molecule has 1 amide bonds. The molecule has 1 aromatic carbocycles. The number of carbonyl (C=O) groups is 1. The summed E-state index contributed by atoms with van der Waals surface area (Å²) < 4.78 is 32.4. The molecule has 0 bridgehead atoms. The number of hydrogen-bond donors (Lipinski definition) is 2. The number of ether oxygens (including phenoxy) is 1. The molecule has 0 aromatic heterocycles. The van der Waals surface area contributed by atoms with Crippen molar-refractivity contribution in [1.82, 2.24) is 20.4 Å². The molecule has 2 rings (SSSR count). The van der Waals surface area contributed by atoms with Crippen LogP contribution in [0.3, 0.4) is 0 Å². The number of carbonyl (C=O) groups excluding carboxylic acids is 1. The topological polar surface area (TPSA) is 69.2 Å². The summed E-state index contributed by atoms with van der Waals surface area (Å²) in [6, 6.07) is 3.42. The molecule has 2 N–H and O–H groups in total. The Labute approximate surface area is 171 Å². The predicted molar refractivity (Wildman–Crippen MR) is 109 cm³/mol. The first-order valence-corrected chi connectivity index (χ1v) is 9.92. The van der Waals surface area contributed by atoms with Gasteiger partial charge in [0.2, 0.25) is 5.91 Å². The third-order valence-corrected chi connectivity index (χ3v) is 4.61. The van der Waals surface area contributed by atoms with Gasteiger partial charge < -0.3 is 20.3 Å². The van der Waals surface area contributed by atoms with E-state index in [1.165, 1.54) is 11.0 Å². The number of morpholine rings is 1. The lowest BCUT2D eigenvalue weighted by molar-refractivity contribution is -0.127. The summed E-state index contributed by atoms with van der Waals surface area (Å²) in [5.74, 6) is -0.532. The van der Waals surface area contributed by atoms with Crippen LogP contribution in [0.5, 0.6) is 0 Å². The number of amides is 1. The molecule has 1 heterocycles. The van der Waals surface area contributed by atoms with Crippen molar-refractivity contribution in [2.24, 2.45) is 4.99 Å². The maximum absolute atomic E-state index is 13.8. The van der Waals surface area contributed by atoms with E-state index in [1.807, 2.05) is 0 Å². The molecule has 0 saturated carbocycles. The molecule has 0 atom stereocenters. The normalized spacial score (nSPS) is 15.2. The zero-order valence-electron chi connectivity index (χ0n) is 17.2. The Kier molecular flexibility index (Phi) is 9.79. The van der Waals surface area contributed by atoms with E-state index in [-0.39, 0.29) is 12.5 Å². The highest BCUT2D eigenvalue weighted by Gasteiger charge is 2.10. The van der Waals surface area contributed by atoms with Crippen LogP contribution in [-0.2, 0) is 16.0 Å². The number of nitrogens with one attached hydrogen (secondary N) is 2. The lowest BCUT2D eigenvalue weighted by Gasteiger charge is -2.26. The van der Waals surface area contributed by atoms with Gasteiger partial charge in [-0.2, -0.15) is 0 Å². The molecule has 0 unspecified atom stereocenters. The van der Waals surface area contributed by atoms with Crippen LogP contribution in [0, 0.1) is 11.6 Å². The van der Waals surface area contributed by atoms with Gasteiger partial charge in [-0.25, -0.2) is 13.8 Å². The summed E-state index contributed by atoms with van der Waals surface area (Å²) >= 11 is 0. The minimum absolute atomic E-state index is 0.0140. The van der Waals surface area contributed by atoms with Crippen molar-refractivity contribution >= 4 is 11.9 Å². The van der Waals surface area contributed by atoms with Crippen molar-refractivity contribution in [2.75, 3.05) is 66.6 Å². The number of nitrogens with zero attached hydrogens (tertiary/aromatic N) is 3. The second-order valence-electron chi connectivity index (χ2n) is 7.10. The Morgan fingerprint density at radius 1 is 1.21 bits per heavy atom. The molecule has 29 heavy (non-hydrogen) atoms. The molecule has 1 fully saturated rings. The van der Waals surface area contributed by atoms with Crippen LogP contribution in [-0.4, -0.2) is 88.2 Å². The average Bonchev–Trinajstić information content (AvgIpc) is 2.71. The molecule has 0 radical (unpaired) electrons. The Balaban J connectivity index is 1.82. The monoisotopic (exact) mass is 411 g/mol. The van der Waals surface area contributed by atoms with Crippen molar-refractivity contribution in [3.05, 3.63) is 35.4 Å². The second-order valence-corrected chi connectivity index (χ2v) is 7.10. The van der Waals surface area contributed by atoms with Gasteiger partial charge in [-0.15, -0.1) is 0 Å². The van der Waals surface area contributed by atoms with Crippen LogP contribution in [0.25, 0.3) is 0 Å². The van der Waals surface area contributed by atoms with E-state index in [0.717, 1.165) is 51.4 Å². The molecule has 7 nitrogen and oxygen atoms in total. The summed E-state index contributed by atoms with van der Waals surface area (Å²) in [5, 5.41) is 6.30. The average molecular weight is 411 g/mol. The fourth-order valence-electron chi connectivity index (χ4n) is 2.85. The number of likely N-dealkylation sites (N-methyl/N-ethyl adjacent to an activating group) is 1. The van der Waals surface area contributed by atoms with Crippen molar-refractivity contribution < 1.29 is 18.3 Å². The third-order valence-electron chi connectivity index (χ3n) is 4.61. The van der Waals surface area contributed by atoms with Crippen LogP contribution in [0.4, 0.5) is 8.78 Å². The van der Waals surface area contributed by atoms with Gasteiger partial charge in [-0.05, 0) is 43.1 Å². The lowest BCUT2D eigenvalue weighted by atomic mass is 10.1. The van der Waals surface area contributed by atoms with Gasteiger partial charge in [0.25, 0.3) is 0 Å². The Hall–Kier alpha value is -2.26. The minimum atomic E-state index is -0.465. The zero-order valence-corrected chi connectivity index (χ0v) is 17.2. The third kappa shape index (κ3) is 8.74. The number of aliphatic imine (C=N–C) groups is 1. The lowest BCUT2D eigenvalue weighted by Crippen LogP contribution is -2.42. The quantitative estimate of drug-likeness (QED) is 0.358. The van der Waals surface area contributed by atoms with E-state index in [2.05, 4.69) is 20.5 Å². The molecule has 1 aliphatic rings. The smallest absolute Gasteiger partial charge is 0.243 e. The zero-order chi connectivity index (χ0) is 21.1. The van der Waals surface area contributed by atoms with Gasteiger partial charge in [-0.3, -0.25) is 9.69 Å². The number of guanidine groups is 1. The molecule has 1 aliphatic heterocycles. The fraction of sp³-hybridized carbons (Fsp3) is 0.600. The van der Waals surface area contributed by atoms with E-state index < -0.39 is 11.6 Å². The van der Waals surface area contributed by atoms with Crippen LogP contribution in [0.15, 0.2) is 23.2 Å². The van der Waals surface area contributed by atoms with Gasteiger partial charge >= 0.3 is 0 Å². The van der Waals surface area contributed by atoms with E-state index >= 15 is 0 Å². The van der Waals surface area contributed by atoms with E-state index in [0.29, 0.717) is 31.0 Å². The van der Waals surface area contributed by atoms with Crippen molar-refractivity contribution in [1.29, 1.82) is 0 Å². The number of halogens is 2. The molecule has 0 spiro atoms. The minimum Gasteiger partial charge on any atom is -0.379 e. The number of benzene rings is 1. The Morgan fingerprint density at radius 3 is 2.66 bits per heavy atom. The summed E-state index contributed by atoms with van der Waals surface area (Å²) in [6.07, 6.45) is 1.22. The molecule has 1 saturated heterocycles. The second kappa shape index (κ2) is 12.3. The highest BCUT2D eigenvalue weighted by atomic mass is 19.1. The molecular formula is C20H31F2N5O2. The SMILES string of the molecule is CN(C)C(=O)CN=C(NCCCN1CCOCC1)NCCc1cc(F)ccc1F. The highest BCUT2D eigenvalue weighted by molar-refractivity contribution is 5.84. The van der Waals surface area contributed by atoms with Crippen LogP contribution < -0.4 is 10.6 Å². The number of rotatable bonds is 9. The van der Waals surface area contributed by atoms with Gasteiger partial charge in [0.15, 0.2) is 5.96 Å². The predicted octanol–water partition coefficient (Wildman–Crippen LogP) is 0.853. The van der Waals surface area contributed by atoms with E-state index in [1.54, 1.807) is 14.1 Å². The molecular weight excluding hydrogens is 380 g/mol. The van der Waals surface area contributed by atoms with Gasteiger partial charge in [0.1, 0.15) is 18.2 Å². The summed E-state index contributed by atoms with van der Waals surface area (Å²) in [6.45, 7) is 5.44. The molecule has 0 aliphatic carbocycles. The largest absolute Gasteiger partial charge is 0.379 e. The van der Waals surface area contributed by atoms with Crippen LogP contribution in [0.2, 0.25) is 0 Å². The van der Waals surface area contributed by atoms with Crippen LogP contribution >= 0.6 is 0 Å². The van der Waals surface area contributed by atoms with Gasteiger partial charge in [-0.1, -0.05) is 0 Å². The standard InChI is InChI=1S/C20H31F2N5O2/c1-26(2)19(28)15-25-20(23-7-3-9-27-10-12-29-13-11-27)24-8-6-16-14-17(21)4-5-18(16)22/h4-5,14H,3,6-13,15H2,1-2H3,(H2,23,24,25). The molecule has 9 heteroatoms. The van der Waals surface area contributed by atoms with Crippen molar-refractivity contribution in [3.63, 3.8) is 0 Å². The van der Waals surface area contributed by atoms with Crippen molar-refractivity contribution in [2.45, 2.75) is 12.8 Å². The Morgan fingerprint density at radius 2 is 1.93 bits per heavy atom. The summed E-state index contributed by atoms with van der Waals surface area (Å²) in [4.78, 5) is 19.9. The van der Waals surface area contributed by atoms with Gasteiger partial charge in [0, 0.05) is 40.3 Å². The van der Waals surface area contributed by atoms with Crippen LogP contribution in [0.1, 0.15) is 12.0 Å². The fourth-order valence-corrected chi connectivity index (χ4v) is 2.85. The maximum atomic E-state index is 13.8. The highest BCUT2D eigenvalue weighted by Crippen LogP contribution is 2.09. The number of hydrogen-bond acceptors (Lipinski definition) is 4. The molecule has 1 aromatic rings. The first-order chi connectivity index (χ1) is 14.0. The summed E-state index contributed by atoms with van der Waals surface area (Å²) in [5.41, 5.74) is 0.300. The summed E-state index contributed by atoms with van der Waals surface area (Å²) in [7, 11) is 3.35. The van der Waals surface area contributed by atoms with Crippen molar-refractivity contribution in [3.8, 4) is 0 Å². The van der Waals surface area contributed by atoms with E-state index in [4.69, 9.17) is 4.74 Å².